The Morgan fingerprint density at radius 1 is 1.23 bits per heavy atom. The molecule has 134 valence electrons. The number of alkyl halides is 3. The van der Waals surface area contributed by atoms with E-state index in [9.17, 15) is 18.0 Å². The number of furan rings is 1. The number of para-hydroxylation sites is 1. The fraction of sp³-hybridized carbons (Fsp3) is 0.118. The second-order valence-electron chi connectivity index (χ2n) is 5.30. The van der Waals surface area contributed by atoms with E-state index in [-0.39, 0.29) is 5.69 Å². The van der Waals surface area contributed by atoms with Gasteiger partial charge in [0.2, 0.25) is 0 Å². The SMILES string of the molecule is Cc1ccc(/C=N/NC(=O)c2cnn(-c3ccccc3)c2C(F)(F)F)o1. The molecule has 0 unspecified atom stereocenters. The number of hydrogen-bond acceptors (Lipinski definition) is 4. The van der Waals surface area contributed by atoms with Crippen LogP contribution >= 0.6 is 0 Å². The fourth-order valence-corrected chi connectivity index (χ4v) is 2.29. The van der Waals surface area contributed by atoms with Crippen LogP contribution in [0.25, 0.3) is 5.69 Å². The van der Waals surface area contributed by atoms with Gasteiger partial charge in [-0.05, 0) is 31.2 Å². The van der Waals surface area contributed by atoms with Gasteiger partial charge in [-0.15, -0.1) is 0 Å². The summed E-state index contributed by atoms with van der Waals surface area (Å²) in [5.74, 6) is -0.0286. The number of hydrazone groups is 1. The molecule has 0 aliphatic heterocycles. The summed E-state index contributed by atoms with van der Waals surface area (Å²) in [6.45, 7) is 1.73. The van der Waals surface area contributed by atoms with Gasteiger partial charge in [-0.3, -0.25) is 4.79 Å². The van der Waals surface area contributed by atoms with Gasteiger partial charge in [-0.25, -0.2) is 10.1 Å². The van der Waals surface area contributed by atoms with Crippen molar-refractivity contribution in [3.8, 4) is 5.69 Å². The molecule has 2 aromatic heterocycles. The van der Waals surface area contributed by atoms with Crippen LogP contribution in [0.5, 0.6) is 0 Å². The Morgan fingerprint density at radius 3 is 2.58 bits per heavy atom. The highest BCUT2D eigenvalue weighted by Gasteiger charge is 2.40. The van der Waals surface area contributed by atoms with Crippen molar-refractivity contribution in [2.75, 3.05) is 0 Å². The molecule has 1 N–H and O–H groups in total. The Bertz CT molecular complexity index is 943. The van der Waals surface area contributed by atoms with Gasteiger partial charge in [-0.1, -0.05) is 18.2 Å². The van der Waals surface area contributed by atoms with Crippen molar-refractivity contribution in [1.29, 1.82) is 0 Å². The lowest BCUT2D eigenvalue weighted by atomic mass is 10.2. The maximum atomic E-state index is 13.5. The average molecular weight is 362 g/mol. The monoisotopic (exact) mass is 362 g/mol. The van der Waals surface area contributed by atoms with Crippen LogP contribution in [-0.2, 0) is 6.18 Å². The van der Waals surface area contributed by atoms with E-state index in [1.54, 1.807) is 37.3 Å². The minimum absolute atomic E-state index is 0.188. The molecule has 3 rings (SSSR count). The highest BCUT2D eigenvalue weighted by Crippen LogP contribution is 2.33. The Kier molecular flexibility index (Phi) is 4.61. The van der Waals surface area contributed by atoms with Gasteiger partial charge in [0.15, 0.2) is 5.69 Å². The van der Waals surface area contributed by atoms with Gasteiger partial charge in [0, 0.05) is 0 Å². The highest BCUT2D eigenvalue weighted by atomic mass is 19.4. The van der Waals surface area contributed by atoms with Crippen LogP contribution in [0.15, 0.2) is 58.2 Å². The molecule has 0 bridgehead atoms. The first kappa shape index (κ1) is 17.5. The zero-order chi connectivity index (χ0) is 18.7. The number of nitrogens with one attached hydrogen (secondary N) is 1. The number of aromatic nitrogens is 2. The third-order valence-corrected chi connectivity index (χ3v) is 3.40. The molecule has 0 saturated heterocycles. The van der Waals surface area contributed by atoms with Crippen molar-refractivity contribution < 1.29 is 22.4 Å². The van der Waals surface area contributed by atoms with Crippen molar-refractivity contribution in [1.82, 2.24) is 15.2 Å². The van der Waals surface area contributed by atoms with Crippen molar-refractivity contribution in [2.24, 2.45) is 5.10 Å². The summed E-state index contributed by atoms with van der Waals surface area (Å²) < 4.78 is 46.3. The van der Waals surface area contributed by atoms with Gasteiger partial charge in [-0.2, -0.15) is 23.4 Å². The summed E-state index contributed by atoms with van der Waals surface area (Å²) in [5, 5.41) is 7.32. The molecular formula is C17H13F3N4O2. The predicted octanol–water partition coefficient (Wildman–Crippen LogP) is 3.56. The number of carbonyl (C=O) groups excluding carboxylic acids is 1. The van der Waals surface area contributed by atoms with Crippen LogP contribution in [0.4, 0.5) is 13.2 Å². The minimum atomic E-state index is -4.78. The summed E-state index contributed by atoms with van der Waals surface area (Å²) in [4.78, 5) is 12.1. The number of carbonyl (C=O) groups is 1. The third kappa shape index (κ3) is 3.66. The number of aryl methyl sites for hydroxylation is 1. The van der Waals surface area contributed by atoms with Crippen LogP contribution in [-0.4, -0.2) is 21.9 Å². The molecule has 0 aliphatic rings. The summed E-state index contributed by atoms with van der Waals surface area (Å²) in [7, 11) is 0. The standard InChI is InChI=1S/C17H13F3N4O2/c1-11-7-8-13(26-11)9-21-23-16(25)14-10-22-24(15(14)17(18,19)20)12-5-3-2-4-6-12/h2-10H,1H3,(H,23,25)/b21-9+. The van der Waals surface area contributed by atoms with Gasteiger partial charge < -0.3 is 4.42 Å². The van der Waals surface area contributed by atoms with Crippen molar-refractivity contribution in [3.63, 3.8) is 0 Å². The minimum Gasteiger partial charge on any atom is -0.460 e. The lowest BCUT2D eigenvalue weighted by Gasteiger charge is -2.12. The van der Waals surface area contributed by atoms with Crippen LogP contribution in [0.2, 0.25) is 0 Å². The van der Waals surface area contributed by atoms with E-state index >= 15 is 0 Å². The number of rotatable bonds is 4. The van der Waals surface area contributed by atoms with Crippen molar-refractivity contribution in [3.05, 3.63) is 71.4 Å². The topological polar surface area (TPSA) is 72.4 Å². The van der Waals surface area contributed by atoms with E-state index in [0.29, 0.717) is 16.2 Å². The van der Waals surface area contributed by atoms with Crippen LogP contribution < -0.4 is 5.43 Å². The van der Waals surface area contributed by atoms with Crippen molar-refractivity contribution >= 4 is 12.1 Å². The van der Waals surface area contributed by atoms with E-state index in [1.807, 2.05) is 0 Å². The zero-order valence-electron chi connectivity index (χ0n) is 13.5. The molecule has 3 aromatic rings. The maximum absolute atomic E-state index is 13.5. The van der Waals surface area contributed by atoms with E-state index in [2.05, 4.69) is 15.6 Å². The van der Waals surface area contributed by atoms with Crippen LogP contribution in [0.3, 0.4) is 0 Å². The second kappa shape index (κ2) is 6.87. The quantitative estimate of drug-likeness (QED) is 0.570. The Hall–Kier alpha value is -3.36. The van der Waals surface area contributed by atoms with Crippen LogP contribution in [0, 0.1) is 6.92 Å². The van der Waals surface area contributed by atoms with E-state index < -0.39 is 23.3 Å². The highest BCUT2D eigenvalue weighted by molar-refractivity contribution is 5.96. The second-order valence-corrected chi connectivity index (χ2v) is 5.30. The molecular weight excluding hydrogens is 349 g/mol. The molecule has 0 aliphatic carbocycles. The van der Waals surface area contributed by atoms with Crippen molar-refractivity contribution in [2.45, 2.75) is 13.1 Å². The molecule has 0 atom stereocenters. The van der Waals surface area contributed by atoms with Gasteiger partial charge >= 0.3 is 6.18 Å². The molecule has 0 spiro atoms. The van der Waals surface area contributed by atoms with E-state index in [0.717, 1.165) is 6.20 Å². The summed E-state index contributed by atoms with van der Waals surface area (Å²) in [5.41, 5.74) is 0.433. The van der Waals surface area contributed by atoms with Gasteiger partial charge in [0.05, 0.1) is 23.7 Å². The molecule has 26 heavy (non-hydrogen) atoms. The predicted molar refractivity (Wildman–Crippen MR) is 87.1 cm³/mol. The number of halogens is 3. The number of amides is 1. The molecule has 6 nitrogen and oxygen atoms in total. The Balaban J connectivity index is 1.88. The summed E-state index contributed by atoms with van der Waals surface area (Å²) >= 11 is 0. The van der Waals surface area contributed by atoms with E-state index in [1.165, 1.54) is 18.3 Å². The first-order chi connectivity index (χ1) is 12.4. The lowest BCUT2D eigenvalue weighted by Crippen LogP contribution is -2.23. The smallest absolute Gasteiger partial charge is 0.434 e. The normalized spacial score (nSPS) is 11.8. The number of benzene rings is 1. The Labute approximate surface area is 145 Å². The molecule has 0 fully saturated rings. The Morgan fingerprint density at radius 2 is 1.96 bits per heavy atom. The fourth-order valence-electron chi connectivity index (χ4n) is 2.29. The zero-order valence-corrected chi connectivity index (χ0v) is 13.5. The number of nitrogens with zero attached hydrogens (tertiary/aromatic N) is 3. The summed E-state index contributed by atoms with van der Waals surface area (Å²) in [6.07, 6.45) is -2.72. The van der Waals surface area contributed by atoms with Gasteiger partial charge in [0.1, 0.15) is 11.5 Å². The molecule has 1 amide bonds. The third-order valence-electron chi connectivity index (χ3n) is 3.40. The molecule has 0 radical (unpaired) electrons. The van der Waals surface area contributed by atoms with E-state index in [4.69, 9.17) is 4.42 Å². The molecule has 0 saturated carbocycles. The number of hydrogen-bond donors (Lipinski definition) is 1. The first-order valence-corrected chi connectivity index (χ1v) is 7.47. The molecule has 9 heteroatoms. The summed E-state index contributed by atoms with van der Waals surface area (Å²) in [6, 6.07) is 11.0. The van der Waals surface area contributed by atoms with Gasteiger partial charge in [0.25, 0.3) is 5.91 Å². The first-order valence-electron chi connectivity index (χ1n) is 7.47. The molecule has 1 aromatic carbocycles. The lowest BCUT2D eigenvalue weighted by molar-refractivity contribution is -0.143. The largest absolute Gasteiger partial charge is 0.460 e. The maximum Gasteiger partial charge on any atom is 0.434 e. The molecule has 2 heterocycles. The average Bonchev–Trinajstić information content (AvgIpc) is 3.21. The van der Waals surface area contributed by atoms with Crippen LogP contribution in [0.1, 0.15) is 27.6 Å².